The minimum Gasteiger partial charge on any atom is -0.456 e. The van der Waals surface area contributed by atoms with Gasteiger partial charge in [-0.05, 0) is 95.5 Å². The van der Waals surface area contributed by atoms with Gasteiger partial charge in [0.05, 0.1) is 37.1 Å². The van der Waals surface area contributed by atoms with Gasteiger partial charge >= 0.3 is 5.97 Å². The number of methoxy groups -OCH3 is 3. The Labute approximate surface area is 350 Å². The smallest absolute Gasteiger partial charge is 0.329 e. The van der Waals surface area contributed by atoms with Crippen LogP contribution in [0.3, 0.4) is 0 Å². The number of hydrogen-bond donors (Lipinski definition) is 4. The standard InChI is InChI=1S/C45H71NO13/c1-26-19-27(2)21-38(56-7)41-39(57-8)23-29(4)45(54,59-41)42(51)43(52)46-17-11-9-14-33(46)44(53)58-40(28(3)22-31-15-16-34(48)37(24-31)55-6)30(5)35(49)25-36(50)32(20-26)13-10-12-18-47/h10,12,20,22,27,29-35,37-41,47-49,54H,9,11,13-19,21,23-25H2,1-8H3/b12-10+,26-20+,28-22+/t27-,29+,30+,31-,32+,33-,34+,35-,37+,38-,39-,40+,41+,45+/m0/s1. The van der Waals surface area contributed by atoms with Crippen molar-refractivity contribution in [2.45, 2.75) is 160 Å². The molecule has 1 aliphatic carbocycles. The molecule has 4 N–H and O–H groups in total. The molecule has 0 unspecified atom stereocenters. The first-order chi connectivity index (χ1) is 28.0. The second-order valence-electron chi connectivity index (χ2n) is 17.6. The van der Waals surface area contributed by atoms with Crippen molar-refractivity contribution in [1.82, 2.24) is 4.90 Å². The Morgan fingerprint density at radius 3 is 2.24 bits per heavy atom. The maximum absolute atomic E-state index is 14.3. The summed E-state index contributed by atoms with van der Waals surface area (Å²) < 4.78 is 29.8. The summed E-state index contributed by atoms with van der Waals surface area (Å²) in [4.78, 5) is 58.1. The van der Waals surface area contributed by atoms with Gasteiger partial charge in [-0.25, -0.2) is 4.79 Å². The Balaban J connectivity index is 1.79. The fourth-order valence-corrected chi connectivity index (χ4v) is 9.56. The maximum atomic E-state index is 14.3. The molecule has 0 aromatic carbocycles. The number of rotatable bonds is 8. The monoisotopic (exact) mass is 833 g/mol. The van der Waals surface area contributed by atoms with Gasteiger partial charge in [-0.1, -0.05) is 50.6 Å². The lowest BCUT2D eigenvalue weighted by Gasteiger charge is -2.47. The largest absolute Gasteiger partial charge is 0.456 e. The highest BCUT2D eigenvalue weighted by Gasteiger charge is 2.56. The Hall–Kier alpha value is -2.82. The van der Waals surface area contributed by atoms with Crippen LogP contribution in [0.5, 0.6) is 0 Å². The molecule has 59 heavy (non-hydrogen) atoms. The SMILES string of the molecule is CO[C@H]1C[C@@H](C)C/C(C)=C/[C@@H](C/C=C/CO)C(=O)C[C@H](O)[C@@H](C)[C@@H](/C(C)=C/[C@@H]2CC[C@@H](O)[C@H](OC)C2)OC(=O)[C@@H]2CCCCN2C(=O)C(=O)[C@]2(O)O[C@H]1[C@@H](OC)C[C@H]2C. The fraction of sp³-hybridized carbons (Fsp3) is 0.778. The summed E-state index contributed by atoms with van der Waals surface area (Å²) in [6.07, 6.45) is 6.10. The number of amides is 1. The molecule has 0 aromatic heterocycles. The molecule has 3 aliphatic heterocycles. The van der Waals surface area contributed by atoms with Crippen LogP contribution in [0.4, 0.5) is 0 Å². The number of cyclic esters (lactones) is 1. The molecule has 14 heteroatoms. The van der Waals surface area contributed by atoms with Gasteiger partial charge < -0.3 is 49.0 Å². The Morgan fingerprint density at radius 1 is 0.898 bits per heavy atom. The molecule has 0 aromatic rings. The Morgan fingerprint density at radius 2 is 1.58 bits per heavy atom. The van der Waals surface area contributed by atoms with Crippen molar-refractivity contribution >= 4 is 23.4 Å². The van der Waals surface area contributed by atoms with E-state index in [9.17, 15) is 39.6 Å². The van der Waals surface area contributed by atoms with E-state index in [2.05, 4.69) is 0 Å². The van der Waals surface area contributed by atoms with Gasteiger partial charge in [-0.15, -0.1) is 0 Å². The van der Waals surface area contributed by atoms with Crippen LogP contribution in [0.1, 0.15) is 105 Å². The number of carbonyl (C=O) groups is 4. The summed E-state index contributed by atoms with van der Waals surface area (Å²) in [7, 11) is 4.59. The lowest BCUT2D eigenvalue weighted by atomic mass is 9.81. The van der Waals surface area contributed by atoms with Gasteiger partial charge in [0.25, 0.3) is 11.7 Å². The van der Waals surface area contributed by atoms with Crippen molar-refractivity contribution in [3.63, 3.8) is 0 Å². The summed E-state index contributed by atoms with van der Waals surface area (Å²) in [5.41, 5.74) is 1.55. The number of ether oxygens (including phenoxy) is 5. The van der Waals surface area contributed by atoms with E-state index in [1.165, 1.54) is 19.1 Å². The first-order valence-electron chi connectivity index (χ1n) is 21.5. The number of aliphatic hydroxyl groups excluding tert-OH is 3. The van der Waals surface area contributed by atoms with Gasteiger partial charge in [0.1, 0.15) is 24.0 Å². The summed E-state index contributed by atoms with van der Waals surface area (Å²) in [6.45, 7) is 8.98. The van der Waals surface area contributed by atoms with Crippen LogP contribution in [0, 0.1) is 29.6 Å². The highest BCUT2D eigenvalue weighted by Crippen LogP contribution is 2.39. The lowest BCUT2D eigenvalue weighted by molar-refractivity contribution is -0.302. The normalized spacial score (nSPS) is 40.2. The number of piperidine rings is 1. The van der Waals surface area contributed by atoms with Crippen LogP contribution in [0.2, 0.25) is 0 Å². The van der Waals surface area contributed by atoms with Crippen LogP contribution >= 0.6 is 0 Å². The highest BCUT2D eigenvalue weighted by molar-refractivity contribution is 6.39. The van der Waals surface area contributed by atoms with Crippen molar-refractivity contribution in [1.29, 1.82) is 0 Å². The minimum atomic E-state index is -2.53. The zero-order valence-corrected chi connectivity index (χ0v) is 36.4. The van der Waals surface area contributed by atoms with Crippen LogP contribution in [0.15, 0.2) is 35.5 Å². The third kappa shape index (κ3) is 12.2. The molecule has 2 bridgehead atoms. The first-order valence-corrected chi connectivity index (χ1v) is 21.5. The Kier molecular flexibility index (Phi) is 18.5. The Bertz CT molecular complexity index is 1530. The molecular formula is C45H71NO13. The van der Waals surface area contributed by atoms with Gasteiger partial charge in [0.2, 0.25) is 5.79 Å². The number of aliphatic hydroxyl groups is 4. The lowest BCUT2D eigenvalue weighted by Crippen LogP contribution is -2.64. The van der Waals surface area contributed by atoms with E-state index in [0.717, 1.165) is 5.57 Å². The number of ketones is 2. The average molecular weight is 834 g/mol. The number of Topliss-reactive ketones (excluding diaryl/α,β-unsaturated/α-hetero) is 2. The predicted octanol–water partition coefficient (Wildman–Crippen LogP) is 4.00. The summed E-state index contributed by atoms with van der Waals surface area (Å²) >= 11 is 0. The molecular weight excluding hydrogens is 762 g/mol. The quantitative estimate of drug-likeness (QED) is 0.156. The predicted molar refractivity (Wildman–Crippen MR) is 219 cm³/mol. The number of hydrogen-bond acceptors (Lipinski definition) is 13. The summed E-state index contributed by atoms with van der Waals surface area (Å²) in [5.74, 6) is -8.03. The molecule has 4 rings (SSSR count). The summed E-state index contributed by atoms with van der Waals surface area (Å²) in [6, 6.07) is -1.16. The van der Waals surface area contributed by atoms with E-state index in [1.807, 2.05) is 26.0 Å². The number of carbonyl (C=O) groups excluding carboxylic acids is 4. The van der Waals surface area contributed by atoms with E-state index < -0.39 is 83.9 Å². The van der Waals surface area contributed by atoms with E-state index >= 15 is 0 Å². The molecule has 2 saturated heterocycles. The van der Waals surface area contributed by atoms with E-state index in [1.54, 1.807) is 40.0 Å². The van der Waals surface area contributed by atoms with E-state index in [-0.39, 0.29) is 56.1 Å². The van der Waals surface area contributed by atoms with Gasteiger partial charge in [-0.2, -0.15) is 0 Å². The molecule has 4 aliphatic rings. The highest BCUT2D eigenvalue weighted by atomic mass is 16.7. The van der Waals surface area contributed by atoms with Gasteiger partial charge in [0, 0.05) is 52.0 Å². The zero-order valence-electron chi connectivity index (χ0n) is 36.4. The van der Waals surface area contributed by atoms with Crippen LogP contribution < -0.4 is 0 Å². The first kappa shape index (κ1) is 48.8. The fourth-order valence-electron chi connectivity index (χ4n) is 9.56. The van der Waals surface area contributed by atoms with Crippen molar-refractivity contribution in [3.05, 3.63) is 35.5 Å². The van der Waals surface area contributed by atoms with Gasteiger partial charge in [0.15, 0.2) is 0 Å². The molecule has 0 radical (unpaired) electrons. The second kappa shape index (κ2) is 22.3. The molecule has 1 amide bonds. The maximum Gasteiger partial charge on any atom is 0.329 e. The number of nitrogens with zero attached hydrogens (tertiary/aromatic N) is 1. The molecule has 14 nitrogen and oxygen atoms in total. The minimum absolute atomic E-state index is 0.0232. The average Bonchev–Trinajstić information content (AvgIpc) is 3.21. The molecule has 14 atom stereocenters. The van der Waals surface area contributed by atoms with Crippen molar-refractivity contribution in [2.24, 2.45) is 29.6 Å². The molecule has 3 fully saturated rings. The topological polar surface area (TPSA) is 199 Å². The van der Waals surface area contributed by atoms with Crippen molar-refractivity contribution in [3.8, 4) is 0 Å². The van der Waals surface area contributed by atoms with Gasteiger partial charge in [-0.3, -0.25) is 14.4 Å². The number of esters is 1. The van der Waals surface area contributed by atoms with Crippen molar-refractivity contribution < 1.29 is 63.3 Å². The number of fused-ring (bicyclic) bond motifs is 3. The van der Waals surface area contributed by atoms with Crippen LogP contribution in [-0.2, 0) is 42.9 Å². The van der Waals surface area contributed by atoms with Crippen LogP contribution in [0.25, 0.3) is 0 Å². The second-order valence-corrected chi connectivity index (χ2v) is 17.6. The van der Waals surface area contributed by atoms with Crippen LogP contribution in [-0.4, -0.2) is 138 Å². The summed E-state index contributed by atoms with van der Waals surface area (Å²) in [5, 5.41) is 43.7. The molecule has 1 saturated carbocycles. The zero-order chi connectivity index (χ0) is 43.6. The van der Waals surface area contributed by atoms with E-state index in [4.69, 9.17) is 23.7 Å². The number of allylic oxidation sites excluding steroid dienone is 4. The van der Waals surface area contributed by atoms with E-state index in [0.29, 0.717) is 56.9 Å². The molecule has 334 valence electrons. The molecule has 0 spiro atoms. The molecule has 3 heterocycles. The van der Waals surface area contributed by atoms with Crippen molar-refractivity contribution in [2.75, 3.05) is 34.5 Å². The third-order valence-corrected chi connectivity index (χ3v) is 13.1. The third-order valence-electron chi connectivity index (χ3n) is 13.1.